The van der Waals surface area contributed by atoms with Gasteiger partial charge in [0.15, 0.2) is 0 Å². The van der Waals surface area contributed by atoms with Crippen molar-refractivity contribution < 1.29 is 78.5 Å². The van der Waals surface area contributed by atoms with Crippen LogP contribution in [0, 0.1) is 11.8 Å². The highest BCUT2D eigenvalue weighted by Crippen LogP contribution is 2.38. The van der Waals surface area contributed by atoms with Crippen molar-refractivity contribution >= 4 is 52.3 Å². The smallest absolute Gasteiger partial charge is 0.383 e. The van der Waals surface area contributed by atoms with Gasteiger partial charge in [0.1, 0.15) is 52.0 Å². The number of aromatic nitrogens is 6. The van der Waals surface area contributed by atoms with Gasteiger partial charge in [0.2, 0.25) is 17.3 Å². The molecule has 0 radical (unpaired) electrons. The lowest BCUT2D eigenvalue weighted by Crippen LogP contribution is -2.57. The zero-order valence-electron chi connectivity index (χ0n) is 50.5. The molecule has 18 nitrogen and oxygen atoms in total. The summed E-state index contributed by atoms with van der Waals surface area (Å²) in [5, 5.41) is 9.83. The van der Waals surface area contributed by atoms with Gasteiger partial charge in [-0.2, -0.15) is 52.7 Å². The molecule has 3 aliphatic rings. The maximum Gasteiger partial charge on any atom is 0.418 e. The molecule has 0 saturated carbocycles. The number of ketones is 3. The van der Waals surface area contributed by atoms with Crippen LogP contribution in [-0.4, -0.2) is 129 Å². The fourth-order valence-electron chi connectivity index (χ4n) is 11.0. The highest BCUT2D eigenvalue weighted by atomic mass is 19.4. The predicted octanol–water partition coefficient (Wildman–Crippen LogP) is 12.4. The van der Waals surface area contributed by atoms with Crippen LogP contribution in [0.15, 0.2) is 91.4 Å². The molecule has 9 heterocycles. The third kappa shape index (κ3) is 18.7. The molecule has 0 spiro atoms. The standard InChI is InChI=1S/C22H28F3N5O.C21H26F3N5O.C18H17F6N5O.8H2/c1-4-14-11-30(12-15(28-14)10-13(2)3)18-8-7-17(22(23,24)25)19(29-18)20(31)16-6-5-9-27-21(16)26;1-12(2)9-14-11-29(10-13(3)27-14)17-7-6-16(21(22,23)24)18(28-17)19(30)15-5-4-8-26-20(15)25;19-17(20,21)8-10-9-29(7-6-26-10)13-4-3-12(18(22,23)24)14(28-13)15(30)11-2-1-5-27-16(11)25;;;;;;;;/h5-9,13-15,28H,4,10-12H2,1-3H3,(H2,26,27);4-8,12-14,27H,9-11H2,1-3H3,(H2,25,26);1-5,10,26H,6-9H2,(H2,25,27);8*1H/t14-,15-;13-,14+;;;;;;;;;/m01........./s1. The summed E-state index contributed by atoms with van der Waals surface area (Å²) in [5.74, 6) is -1.74. The highest BCUT2D eigenvalue weighted by molar-refractivity contribution is 6.13. The van der Waals surface area contributed by atoms with Crippen LogP contribution in [0.2, 0.25) is 0 Å². The summed E-state index contributed by atoms with van der Waals surface area (Å²) in [6.45, 7) is 15.3. The van der Waals surface area contributed by atoms with Gasteiger partial charge in [-0.15, -0.1) is 0 Å². The number of anilines is 6. The van der Waals surface area contributed by atoms with Gasteiger partial charge in [-0.25, -0.2) is 29.9 Å². The van der Waals surface area contributed by atoms with Gasteiger partial charge in [-0.3, -0.25) is 14.4 Å². The Balaban J connectivity index is 0. The van der Waals surface area contributed by atoms with Crippen LogP contribution >= 0.6 is 0 Å². The summed E-state index contributed by atoms with van der Waals surface area (Å²) in [7, 11) is 0. The molecule has 6 aromatic heterocycles. The third-order valence-corrected chi connectivity index (χ3v) is 15.0. The first-order valence-corrected chi connectivity index (χ1v) is 29.2. The summed E-state index contributed by atoms with van der Waals surface area (Å²) in [5.41, 5.74) is 11.0. The Morgan fingerprint density at radius 1 is 0.516 bits per heavy atom. The first kappa shape index (κ1) is 70.2. The van der Waals surface area contributed by atoms with Crippen LogP contribution in [0.5, 0.6) is 0 Å². The number of piperazine rings is 3. The van der Waals surface area contributed by atoms with Gasteiger partial charge in [0.05, 0.1) is 39.8 Å². The molecule has 9 rings (SSSR count). The zero-order valence-corrected chi connectivity index (χ0v) is 50.5. The van der Waals surface area contributed by atoms with Crippen molar-refractivity contribution in [1.29, 1.82) is 0 Å². The molecule has 6 aromatic rings. The Morgan fingerprint density at radius 2 is 0.868 bits per heavy atom. The topological polar surface area (TPSA) is 252 Å². The van der Waals surface area contributed by atoms with Gasteiger partial charge in [0, 0.05) is 106 Å². The van der Waals surface area contributed by atoms with E-state index in [2.05, 4.69) is 80.5 Å². The lowest BCUT2D eigenvalue weighted by atomic mass is 9.98. The fraction of sp³-hybridized carbons (Fsp3) is 0.459. The molecule has 9 N–H and O–H groups in total. The maximum atomic E-state index is 13.7. The number of nitrogens with zero attached hydrogens (tertiary/aromatic N) is 9. The molecule has 0 aliphatic carbocycles. The Bertz CT molecular complexity index is 3530. The van der Waals surface area contributed by atoms with E-state index in [9.17, 15) is 67.1 Å². The summed E-state index contributed by atoms with van der Waals surface area (Å²) in [4.78, 5) is 67.6. The molecule has 0 amide bonds. The van der Waals surface area contributed by atoms with Gasteiger partial charge < -0.3 is 47.9 Å². The third-order valence-electron chi connectivity index (χ3n) is 15.0. The minimum Gasteiger partial charge on any atom is -0.383 e. The SMILES string of the molecule is CC(C)C[C@H]1CN(c2ccc(C(F)(F)F)c(C(=O)c3cccnc3N)n2)C[C@@H](C)N1.CC[C@H]1CN(c2ccc(C(F)(F)F)c(C(=O)c3cccnc3N)n2)C[C@H](CC(C)C)N1.Nc1ncccc1C(=O)c1nc(N2CCNC(CC(F)(F)F)C2)ccc1C(F)(F)F.[HH].[HH].[HH].[HH].[HH].[HH].[HH].[HH]. The summed E-state index contributed by atoms with van der Waals surface area (Å²) in [6, 6.07) is 14.2. The molecule has 0 bridgehead atoms. The average molecular weight is 1310 g/mol. The fourth-order valence-corrected chi connectivity index (χ4v) is 11.0. The monoisotopic (exact) mass is 1310 g/mol. The minimum absolute atomic E-state index is 0. The molecule has 3 fully saturated rings. The molecular weight excluding hydrogens is 1220 g/mol. The molecule has 3 saturated heterocycles. The van der Waals surface area contributed by atoms with Crippen molar-refractivity contribution in [2.75, 3.05) is 77.7 Å². The number of hydrogen-bond acceptors (Lipinski definition) is 18. The number of nitrogens with one attached hydrogen (secondary N) is 3. The Kier molecular flexibility index (Phi) is 22.7. The minimum atomic E-state index is -4.87. The normalized spacial score (nSPS) is 19.1. The van der Waals surface area contributed by atoms with Crippen LogP contribution in [0.1, 0.15) is 143 Å². The molecule has 30 heteroatoms. The number of halogens is 12. The first-order chi connectivity index (χ1) is 42.6. The van der Waals surface area contributed by atoms with E-state index in [1.807, 2.05) is 16.7 Å². The van der Waals surface area contributed by atoms with E-state index in [1.165, 1.54) is 72.0 Å². The van der Waals surface area contributed by atoms with Gasteiger partial charge >= 0.3 is 24.7 Å². The molecule has 508 valence electrons. The molecule has 0 aromatic carbocycles. The number of carbonyl (C=O) groups excluding carboxylic acids is 3. The Hall–Kier alpha value is -8.25. The lowest BCUT2D eigenvalue weighted by Gasteiger charge is -2.40. The van der Waals surface area contributed by atoms with Crippen molar-refractivity contribution in [3.8, 4) is 0 Å². The van der Waals surface area contributed by atoms with Crippen molar-refractivity contribution in [3.63, 3.8) is 0 Å². The second kappa shape index (κ2) is 29.4. The van der Waals surface area contributed by atoms with Gasteiger partial charge in [-0.05, 0) is 111 Å². The second-order valence-corrected chi connectivity index (χ2v) is 23.2. The number of carbonyl (C=O) groups is 3. The van der Waals surface area contributed by atoms with E-state index < -0.39 is 88.3 Å². The summed E-state index contributed by atoms with van der Waals surface area (Å²) in [6.07, 6.45) is -13.0. The highest BCUT2D eigenvalue weighted by Gasteiger charge is 2.42. The quantitative estimate of drug-likeness (QED) is 0.0413. The van der Waals surface area contributed by atoms with Crippen molar-refractivity contribution in [3.05, 3.63) is 142 Å². The number of pyridine rings is 6. The number of nitrogen functional groups attached to an aromatic ring is 3. The van der Waals surface area contributed by atoms with Gasteiger partial charge in [0.25, 0.3) is 0 Å². The number of nitrogens with two attached hydrogens (primary N) is 3. The second-order valence-electron chi connectivity index (χ2n) is 23.2. The van der Waals surface area contributed by atoms with Crippen molar-refractivity contribution in [2.45, 2.75) is 122 Å². The van der Waals surface area contributed by atoms with E-state index in [4.69, 9.17) is 17.2 Å². The number of alkyl halides is 12. The van der Waals surface area contributed by atoms with Crippen LogP contribution in [0.25, 0.3) is 0 Å². The van der Waals surface area contributed by atoms with Crippen LogP contribution < -0.4 is 47.9 Å². The number of hydrogen-bond donors (Lipinski definition) is 6. The first-order valence-electron chi connectivity index (χ1n) is 29.2. The predicted molar refractivity (Wildman–Crippen MR) is 336 cm³/mol. The maximum absolute atomic E-state index is 13.7. The van der Waals surface area contributed by atoms with Crippen LogP contribution in [0.4, 0.5) is 87.6 Å². The summed E-state index contributed by atoms with van der Waals surface area (Å²) >= 11 is 0. The Labute approximate surface area is 529 Å². The van der Waals surface area contributed by atoms with Crippen molar-refractivity contribution in [1.82, 2.24) is 45.9 Å². The lowest BCUT2D eigenvalue weighted by molar-refractivity contribution is -0.140. The average Bonchev–Trinajstić information content (AvgIpc) is 0.795. The van der Waals surface area contributed by atoms with E-state index in [-0.39, 0.29) is 95.2 Å². The van der Waals surface area contributed by atoms with E-state index >= 15 is 0 Å². The van der Waals surface area contributed by atoms with Gasteiger partial charge in [-0.1, -0.05) is 34.6 Å². The van der Waals surface area contributed by atoms with Crippen LogP contribution in [-0.2, 0) is 18.5 Å². The molecule has 5 atom stereocenters. The number of rotatable bonds is 15. The van der Waals surface area contributed by atoms with Crippen LogP contribution in [0.3, 0.4) is 0 Å². The Morgan fingerprint density at radius 3 is 1.22 bits per heavy atom. The van der Waals surface area contributed by atoms with E-state index in [0.717, 1.165) is 37.5 Å². The molecule has 91 heavy (non-hydrogen) atoms. The van der Waals surface area contributed by atoms with Crippen molar-refractivity contribution in [2.24, 2.45) is 11.8 Å². The van der Waals surface area contributed by atoms with E-state index in [1.54, 1.807) is 0 Å². The molecule has 1 unspecified atom stereocenters. The summed E-state index contributed by atoms with van der Waals surface area (Å²) < 4.78 is 160. The molecule has 3 aliphatic heterocycles. The van der Waals surface area contributed by atoms with E-state index in [0.29, 0.717) is 55.7 Å². The zero-order chi connectivity index (χ0) is 66.9. The molecular formula is C61H87F12N15O3. The largest absolute Gasteiger partial charge is 0.418 e.